The molecule has 17 heavy (non-hydrogen) atoms. The maximum atomic E-state index is 11.8. The Labute approximate surface area is 107 Å². The average Bonchev–Trinajstić information content (AvgIpc) is 2.50. The number of nitrogen functional groups attached to an aromatic ring is 1. The van der Waals surface area contributed by atoms with Crippen LogP contribution in [0.1, 0.15) is 31.2 Å². The van der Waals surface area contributed by atoms with Gasteiger partial charge in [-0.2, -0.15) is 0 Å². The van der Waals surface area contributed by atoms with E-state index in [1.807, 2.05) is 17.0 Å². The van der Waals surface area contributed by atoms with Gasteiger partial charge in [0, 0.05) is 19.5 Å². The number of nitrogens with two attached hydrogens (primary N) is 1. The molecule has 1 aliphatic rings. The molecule has 0 spiro atoms. The van der Waals surface area contributed by atoms with E-state index in [2.05, 4.69) is 0 Å². The lowest BCUT2D eigenvalue weighted by molar-refractivity contribution is -0.131. The molecule has 3 nitrogen and oxygen atoms in total. The standard InChI is InChI=1S/C13H17ClN2O/c14-11-6-5-10(8-12(11)15)9-16-7-3-1-2-4-13(16)17/h5-6,8H,1-4,7,9,15H2. The summed E-state index contributed by atoms with van der Waals surface area (Å²) in [5.41, 5.74) is 7.37. The van der Waals surface area contributed by atoms with Crippen LogP contribution in [0.15, 0.2) is 18.2 Å². The quantitative estimate of drug-likeness (QED) is 0.823. The molecule has 1 fully saturated rings. The number of rotatable bonds is 2. The predicted molar refractivity (Wildman–Crippen MR) is 69.7 cm³/mol. The third kappa shape index (κ3) is 3.13. The number of halogens is 1. The van der Waals surface area contributed by atoms with Crippen LogP contribution in [-0.2, 0) is 11.3 Å². The summed E-state index contributed by atoms with van der Waals surface area (Å²) in [5.74, 6) is 0.246. The van der Waals surface area contributed by atoms with Crippen molar-refractivity contribution < 1.29 is 4.79 Å². The van der Waals surface area contributed by atoms with Crippen molar-refractivity contribution in [3.05, 3.63) is 28.8 Å². The Morgan fingerprint density at radius 3 is 2.88 bits per heavy atom. The van der Waals surface area contributed by atoms with Gasteiger partial charge in [-0.3, -0.25) is 4.79 Å². The Bertz CT molecular complexity index is 420. The van der Waals surface area contributed by atoms with Gasteiger partial charge in [-0.25, -0.2) is 0 Å². The van der Waals surface area contributed by atoms with Crippen molar-refractivity contribution in [3.8, 4) is 0 Å². The van der Waals surface area contributed by atoms with Crippen LogP contribution in [0, 0.1) is 0 Å². The summed E-state index contributed by atoms with van der Waals surface area (Å²) in [6, 6.07) is 5.56. The van der Waals surface area contributed by atoms with Gasteiger partial charge in [0.15, 0.2) is 0 Å². The molecule has 1 amide bonds. The number of hydrogen-bond donors (Lipinski definition) is 1. The molecule has 4 heteroatoms. The minimum atomic E-state index is 0.246. The van der Waals surface area contributed by atoms with Crippen molar-refractivity contribution >= 4 is 23.2 Å². The topological polar surface area (TPSA) is 46.3 Å². The number of hydrogen-bond acceptors (Lipinski definition) is 2. The van der Waals surface area contributed by atoms with E-state index in [1.54, 1.807) is 6.07 Å². The Hall–Kier alpha value is -1.22. The highest BCUT2D eigenvalue weighted by atomic mass is 35.5. The monoisotopic (exact) mass is 252 g/mol. The molecule has 0 aliphatic carbocycles. The Morgan fingerprint density at radius 2 is 2.12 bits per heavy atom. The third-order valence-corrected chi connectivity index (χ3v) is 3.45. The van der Waals surface area contributed by atoms with Crippen LogP contribution in [0.25, 0.3) is 0 Å². The first-order valence-corrected chi connectivity index (χ1v) is 6.36. The first-order chi connectivity index (χ1) is 8.16. The number of benzene rings is 1. The molecule has 2 rings (SSSR count). The van der Waals surface area contributed by atoms with Crippen LogP contribution < -0.4 is 5.73 Å². The lowest BCUT2D eigenvalue weighted by atomic mass is 10.2. The molecule has 0 atom stereocenters. The first-order valence-electron chi connectivity index (χ1n) is 5.98. The number of anilines is 1. The van der Waals surface area contributed by atoms with Crippen LogP contribution in [-0.4, -0.2) is 17.4 Å². The number of carbonyl (C=O) groups excluding carboxylic acids is 1. The molecule has 1 heterocycles. The fourth-order valence-corrected chi connectivity index (χ4v) is 2.24. The molecule has 1 saturated heterocycles. The molecule has 1 aromatic carbocycles. The molecular formula is C13H17ClN2O. The lowest BCUT2D eigenvalue weighted by Gasteiger charge is -2.20. The van der Waals surface area contributed by atoms with Gasteiger partial charge in [-0.15, -0.1) is 0 Å². The van der Waals surface area contributed by atoms with Crippen LogP contribution in [0.2, 0.25) is 5.02 Å². The van der Waals surface area contributed by atoms with E-state index in [9.17, 15) is 4.79 Å². The van der Waals surface area contributed by atoms with Crippen molar-refractivity contribution in [2.75, 3.05) is 12.3 Å². The number of nitrogens with zero attached hydrogens (tertiary/aromatic N) is 1. The largest absolute Gasteiger partial charge is 0.398 e. The molecule has 0 aromatic heterocycles. The summed E-state index contributed by atoms with van der Waals surface area (Å²) in [7, 11) is 0. The zero-order chi connectivity index (χ0) is 12.3. The summed E-state index contributed by atoms with van der Waals surface area (Å²) in [6.45, 7) is 1.49. The highest BCUT2D eigenvalue weighted by molar-refractivity contribution is 6.33. The highest BCUT2D eigenvalue weighted by Crippen LogP contribution is 2.21. The molecule has 1 aromatic rings. The van der Waals surface area contributed by atoms with E-state index in [-0.39, 0.29) is 5.91 Å². The summed E-state index contributed by atoms with van der Waals surface area (Å²) in [5, 5.41) is 0.566. The smallest absolute Gasteiger partial charge is 0.222 e. The predicted octanol–water partition coefficient (Wildman–Crippen LogP) is 2.82. The van der Waals surface area contributed by atoms with E-state index in [0.29, 0.717) is 23.7 Å². The van der Waals surface area contributed by atoms with Crippen molar-refractivity contribution in [1.82, 2.24) is 4.90 Å². The summed E-state index contributed by atoms with van der Waals surface area (Å²) in [6.07, 6.45) is 3.92. The highest BCUT2D eigenvalue weighted by Gasteiger charge is 2.16. The summed E-state index contributed by atoms with van der Waals surface area (Å²) < 4.78 is 0. The minimum absolute atomic E-state index is 0.246. The molecule has 0 unspecified atom stereocenters. The van der Waals surface area contributed by atoms with Gasteiger partial charge >= 0.3 is 0 Å². The van der Waals surface area contributed by atoms with Crippen molar-refractivity contribution in [1.29, 1.82) is 0 Å². The van der Waals surface area contributed by atoms with Crippen LogP contribution in [0.5, 0.6) is 0 Å². The van der Waals surface area contributed by atoms with Gasteiger partial charge < -0.3 is 10.6 Å². The Balaban J connectivity index is 2.08. The summed E-state index contributed by atoms with van der Waals surface area (Å²) in [4.78, 5) is 13.8. The number of likely N-dealkylation sites (tertiary alicyclic amines) is 1. The second kappa shape index (κ2) is 5.41. The molecule has 92 valence electrons. The van der Waals surface area contributed by atoms with E-state index in [4.69, 9.17) is 17.3 Å². The molecule has 2 N–H and O–H groups in total. The Morgan fingerprint density at radius 1 is 1.29 bits per heavy atom. The fraction of sp³-hybridized carbons (Fsp3) is 0.462. The van der Waals surface area contributed by atoms with Gasteiger partial charge in [0.05, 0.1) is 10.7 Å². The van der Waals surface area contributed by atoms with Crippen LogP contribution >= 0.6 is 11.6 Å². The molecular weight excluding hydrogens is 236 g/mol. The zero-order valence-electron chi connectivity index (χ0n) is 9.79. The van der Waals surface area contributed by atoms with E-state index < -0.39 is 0 Å². The van der Waals surface area contributed by atoms with Gasteiger partial charge in [0.2, 0.25) is 5.91 Å². The second-order valence-corrected chi connectivity index (χ2v) is 4.89. The molecule has 0 radical (unpaired) electrons. The van der Waals surface area contributed by atoms with Gasteiger partial charge in [-0.1, -0.05) is 24.1 Å². The van der Waals surface area contributed by atoms with E-state index in [0.717, 1.165) is 31.4 Å². The number of amides is 1. The van der Waals surface area contributed by atoms with Crippen molar-refractivity contribution in [3.63, 3.8) is 0 Å². The van der Waals surface area contributed by atoms with Gasteiger partial charge in [0.25, 0.3) is 0 Å². The van der Waals surface area contributed by atoms with Crippen molar-refractivity contribution in [2.24, 2.45) is 0 Å². The van der Waals surface area contributed by atoms with E-state index in [1.165, 1.54) is 0 Å². The third-order valence-electron chi connectivity index (χ3n) is 3.11. The fourth-order valence-electron chi connectivity index (χ4n) is 2.12. The molecule has 1 aliphatic heterocycles. The minimum Gasteiger partial charge on any atom is -0.398 e. The van der Waals surface area contributed by atoms with Crippen LogP contribution in [0.3, 0.4) is 0 Å². The zero-order valence-corrected chi connectivity index (χ0v) is 10.5. The SMILES string of the molecule is Nc1cc(CN2CCCCCC2=O)ccc1Cl. The maximum absolute atomic E-state index is 11.8. The van der Waals surface area contributed by atoms with E-state index >= 15 is 0 Å². The lowest BCUT2D eigenvalue weighted by Crippen LogP contribution is -2.29. The molecule has 0 bridgehead atoms. The second-order valence-electron chi connectivity index (χ2n) is 4.48. The maximum Gasteiger partial charge on any atom is 0.222 e. The van der Waals surface area contributed by atoms with Crippen LogP contribution in [0.4, 0.5) is 5.69 Å². The summed E-state index contributed by atoms with van der Waals surface area (Å²) >= 11 is 5.87. The Kier molecular flexibility index (Phi) is 3.89. The first kappa shape index (κ1) is 12.2. The van der Waals surface area contributed by atoms with Gasteiger partial charge in [-0.05, 0) is 30.5 Å². The van der Waals surface area contributed by atoms with Crippen molar-refractivity contribution in [2.45, 2.75) is 32.2 Å². The van der Waals surface area contributed by atoms with Gasteiger partial charge in [0.1, 0.15) is 0 Å². The number of carbonyl (C=O) groups is 1. The normalized spacial score (nSPS) is 17.0. The molecule has 0 saturated carbocycles. The average molecular weight is 253 g/mol.